The predicted octanol–water partition coefficient (Wildman–Crippen LogP) is 5.18. The maximum absolute atomic E-state index is 13.6. The third-order valence-corrected chi connectivity index (χ3v) is 6.56. The quantitative estimate of drug-likeness (QED) is 0.458. The van der Waals surface area contributed by atoms with Crippen molar-refractivity contribution in [3.8, 4) is 5.75 Å². The Labute approximate surface area is 197 Å². The summed E-state index contributed by atoms with van der Waals surface area (Å²) < 4.78 is 5.51. The summed E-state index contributed by atoms with van der Waals surface area (Å²) in [6, 6.07) is 29.0. The van der Waals surface area contributed by atoms with Gasteiger partial charge in [0.15, 0.2) is 0 Å². The fourth-order valence-electron chi connectivity index (χ4n) is 4.65. The molecule has 1 amide bonds. The van der Waals surface area contributed by atoms with Crippen LogP contribution >= 0.6 is 0 Å². The van der Waals surface area contributed by atoms with Crippen molar-refractivity contribution in [2.45, 2.75) is 32.4 Å². The minimum atomic E-state index is 0.0957. The number of hydrogen-bond donors (Lipinski definition) is 0. The van der Waals surface area contributed by atoms with Crippen LogP contribution in [0.1, 0.15) is 29.5 Å². The summed E-state index contributed by atoms with van der Waals surface area (Å²) in [5.74, 6) is 1.33. The Kier molecular flexibility index (Phi) is 8.15. The lowest BCUT2D eigenvalue weighted by Gasteiger charge is -2.34. The first kappa shape index (κ1) is 23.1. The maximum atomic E-state index is 13.6. The van der Waals surface area contributed by atoms with Gasteiger partial charge in [-0.25, -0.2) is 0 Å². The number of nitrogens with zero attached hydrogens (tertiary/aromatic N) is 2. The highest BCUT2D eigenvalue weighted by Crippen LogP contribution is 2.25. The second kappa shape index (κ2) is 11.7. The van der Waals surface area contributed by atoms with E-state index in [4.69, 9.17) is 4.74 Å². The standard InChI is InChI=1S/C29H34N2O2/c1-33-28-15-9-8-14-27(28)23-30-19-17-26(18-20-30)29(32)31(22-25-12-6-3-7-13-25)21-16-24-10-4-2-5-11-24/h2-15,26H,16-23H2,1H3. The van der Waals surface area contributed by atoms with Gasteiger partial charge in [-0.1, -0.05) is 78.9 Å². The summed E-state index contributed by atoms with van der Waals surface area (Å²) in [6.07, 6.45) is 2.70. The van der Waals surface area contributed by atoms with Crippen LogP contribution in [0.25, 0.3) is 0 Å². The molecule has 1 aliphatic heterocycles. The fourth-order valence-corrected chi connectivity index (χ4v) is 4.65. The number of hydrogen-bond acceptors (Lipinski definition) is 3. The van der Waals surface area contributed by atoms with Crippen LogP contribution in [-0.2, 0) is 24.3 Å². The molecule has 0 unspecified atom stereocenters. The molecule has 0 spiro atoms. The third-order valence-electron chi connectivity index (χ3n) is 6.56. The highest BCUT2D eigenvalue weighted by Gasteiger charge is 2.29. The lowest BCUT2D eigenvalue weighted by Crippen LogP contribution is -2.42. The van der Waals surface area contributed by atoms with E-state index in [-0.39, 0.29) is 5.92 Å². The molecule has 0 radical (unpaired) electrons. The number of benzene rings is 3. The Morgan fingerprint density at radius 3 is 2.15 bits per heavy atom. The molecule has 4 rings (SSSR count). The number of carbonyl (C=O) groups excluding carboxylic acids is 1. The van der Waals surface area contributed by atoms with Crippen LogP contribution in [0, 0.1) is 5.92 Å². The molecule has 4 heteroatoms. The van der Waals surface area contributed by atoms with Gasteiger partial charge < -0.3 is 9.64 Å². The van der Waals surface area contributed by atoms with E-state index in [1.807, 2.05) is 36.4 Å². The van der Waals surface area contributed by atoms with E-state index in [0.29, 0.717) is 12.5 Å². The fraction of sp³-hybridized carbons (Fsp3) is 0.345. The largest absolute Gasteiger partial charge is 0.496 e. The van der Waals surface area contributed by atoms with E-state index < -0.39 is 0 Å². The minimum absolute atomic E-state index is 0.0957. The minimum Gasteiger partial charge on any atom is -0.496 e. The van der Waals surface area contributed by atoms with Gasteiger partial charge in [0, 0.05) is 31.1 Å². The average Bonchev–Trinajstić information content (AvgIpc) is 2.88. The third kappa shape index (κ3) is 6.45. The topological polar surface area (TPSA) is 32.8 Å². The van der Waals surface area contributed by atoms with Crippen molar-refractivity contribution in [3.63, 3.8) is 0 Å². The Hall–Kier alpha value is -3.11. The lowest BCUT2D eigenvalue weighted by atomic mass is 9.94. The predicted molar refractivity (Wildman–Crippen MR) is 133 cm³/mol. The number of amides is 1. The van der Waals surface area contributed by atoms with Crippen molar-refractivity contribution >= 4 is 5.91 Å². The molecule has 0 saturated carbocycles. The molecule has 4 nitrogen and oxygen atoms in total. The van der Waals surface area contributed by atoms with E-state index in [1.165, 1.54) is 16.7 Å². The first-order chi connectivity index (χ1) is 16.2. The van der Waals surface area contributed by atoms with Gasteiger partial charge in [0.1, 0.15) is 5.75 Å². The molecule has 3 aromatic rings. The summed E-state index contributed by atoms with van der Waals surface area (Å²) >= 11 is 0. The summed E-state index contributed by atoms with van der Waals surface area (Å²) in [5, 5.41) is 0. The van der Waals surface area contributed by atoms with Crippen LogP contribution in [0.3, 0.4) is 0 Å². The molecule has 0 bridgehead atoms. The Morgan fingerprint density at radius 1 is 0.879 bits per heavy atom. The van der Waals surface area contributed by atoms with Crippen molar-refractivity contribution in [1.82, 2.24) is 9.80 Å². The van der Waals surface area contributed by atoms with Gasteiger partial charge in [-0.05, 0) is 49.5 Å². The summed E-state index contributed by atoms with van der Waals surface area (Å²) in [5.41, 5.74) is 3.67. The number of para-hydroxylation sites is 1. The SMILES string of the molecule is COc1ccccc1CN1CCC(C(=O)N(CCc2ccccc2)Cc2ccccc2)CC1. The van der Waals surface area contributed by atoms with E-state index in [0.717, 1.165) is 51.2 Å². The molecule has 172 valence electrons. The van der Waals surface area contributed by atoms with Crippen molar-refractivity contribution in [2.75, 3.05) is 26.7 Å². The van der Waals surface area contributed by atoms with Crippen molar-refractivity contribution in [2.24, 2.45) is 5.92 Å². The van der Waals surface area contributed by atoms with Crippen LogP contribution < -0.4 is 4.74 Å². The van der Waals surface area contributed by atoms with Gasteiger partial charge in [0.05, 0.1) is 7.11 Å². The molecule has 1 saturated heterocycles. The van der Waals surface area contributed by atoms with Crippen molar-refractivity contribution < 1.29 is 9.53 Å². The zero-order valence-corrected chi connectivity index (χ0v) is 19.5. The molecular weight excluding hydrogens is 408 g/mol. The number of rotatable bonds is 9. The van der Waals surface area contributed by atoms with E-state index in [9.17, 15) is 4.79 Å². The highest BCUT2D eigenvalue weighted by molar-refractivity contribution is 5.79. The Morgan fingerprint density at radius 2 is 1.48 bits per heavy atom. The van der Waals surface area contributed by atoms with E-state index >= 15 is 0 Å². The molecule has 0 aromatic heterocycles. The average molecular weight is 443 g/mol. The van der Waals surface area contributed by atoms with Crippen LogP contribution in [0.4, 0.5) is 0 Å². The highest BCUT2D eigenvalue weighted by atomic mass is 16.5. The zero-order chi connectivity index (χ0) is 22.9. The molecule has 33 heavy (non-hydrogen) atoms. The van der Waals surface area contributed by atoms with Gasteiger partial charge in [-0.3, -0.25) is 9.69 Å². The number of carbonyl (C=O) groups is 1. The molecular formula is C29H34N2O2. The van der Waals surface area contributed by atoms with Crippen LogP contribution in [0.2, 0.25) is 0 Å². The van der Waals surface area contributed by atoms with E-state index in [1.54, 1.807) is 7.11 Å². The molecule has 1 heterocycles. The molecule has 3 aromatic carbocycles. The zero-order valence-electron chi connectivity index (χ0n) is 19.5. The molecule has 0 aliphatic carbocycles. The smallest absolute Gasteiger partial charge is 0.226 e. The summed E-state index contributed by atoms with van der Waals surface area (Å²) in [6.45, 7) is 4.17. The van der Waals surface area contributed by atoms with Gasteiger partial charge in [-0.2, -0.15) is 0 Å². The Balaban J connectivity index is 1.37. The van der Waals surface area contributed by atoms with Gasteiger partial charge in [0.2, 0.25) is 5.91 Å². The second-order valence-corrected chi connectivity index (χ2v) is 8.84. The molecule has 1 aliphatic rings. The number of piperidine rings is 1. The van der Waals surface area contributed by atoms with Crippen molar-refractivity contribution in [3.05, 3.63) is 102 Å². The first-order valence-electron chi connectivity index (χ1n) is 11.9. The maximum Gasteiger partial charge on any atom is 0.226 e. The number of ether oxygens (including phenoxy) is 1. The first-order valence-corrected chi connectivity index (χ1v) is 11.9. The monoisotopic (exact) mass is 442 g/mol. The molecule has 0 atom stereocenters. The Bertz CT molecular complexity index is 998. The second-order valence-electron chi connectivity index (χ2n) is 8.84. The summed E-state index contributed by atoms with van der Waals surface area (Å²) in [7, 11) is 1.72. The molecule has 1 fully saturated rings. The van der Waals surface area contributed by atoms with Crippen LogP contribution in [0.15, 0.2) is 84.9 Å². The lowest BCUT2D eigenvalue weighted by molar-refractivity contribution is -0.137. The normalized spacial score (nSPS) is 14.7. The van der Waals surface area contributed by atoms with Crippen LogP contribution in [-0.4, -0.2) is 42.5 Å². The van der Waals surface area contributed by atoms with Crippen molar-refractivity contribution in [1.29, 1.82) is 0 Å². The summed E-state index contributed by atoms with van der Waals surface area (Å²) in [4.78, 5) is 18.1. The number of likely N-dealkylation sites (tertiary alicyclic amines) is 1. The van der Waals surface area contributed by atoms with Crippen LogP contribution in [0.5, 0.6) is 5.75 Å². The van der Waals surface area contributed by atoms with Gasteiger partial charge in [0.25, 0.3) is 0 Å². The van der Waals surface area contributed by atoms with Gasteiger partial charge in [-0.15, -0.1) is 0 Å². The molecule has 0 N–H and O–H groups in total. The van der Waals surface area contributed by atoms with Gasteiger partial charge >= 0.3 is 0 Å². The number of methoxy groups -OCH3 is 1. The van der Waals surface area contributed by atoms with E-state index in [2.05, 4.69) is 58.3 Å².